The summed E-state index contributed by atoms with van der Waals surface area (Å²) >= 11 is 0. The SMILES string of the molecule is COc1ccc(C(C)NC(=O)N2CC(CC(=O)O)C2)cc1. The number of nitrogens with zero attached hydrogens (tertiary/aromatic N) is 1. The molecule has 21 heavy (non-hydrogen) atoms. The molecule has 1 fully saturated rings. The summed E-state index contributed by atoms with van der Waals surface area (Å²) in [6, 6.07) is 7.26. The van der Waals surface area contributed by atoms with E-state index < -0.39 is 5.97 Å². The summed E-state index contributed by atoms with van der Waals surface area (Å²) in [5.41, 5.74) is 0.992. The third-order valence-electron chi connectivity index (χ3n) is 3.66. The van der Waals surface area contributed by atoms with Crippen molar-refractivity contribution in [3.63, 3.8) is 0 Å². The number of aliphatic carboxylic acids is 1. The molecule has 1 unspecified atom stereocenters. The van der Waals surface area contributed by atoms with Gasteiger partial charge in [0.2, 0.25) is 0 Å². The molecule has 0 bridgehead atoms. The average Bonchev–Trinajstić information content (AvgIpc) is 2.42. The number of hydrogen-bond acceptors (Lipinski definition) is 3. The second kappa shape index (κ2) is 6.47. The minimum atomic E-state index is -0.813. The van der Waals surface area contributed by atoms with Gasteiger partial charge >= 0.3 is 12.0 Å². The molecule has 1 aromatic rings. The summed E-state index contributed by atoms with van der Waals surface area (Å²) in [7, 11) is 1.61. The predicted octanol–water partition coefficient (Wildman–Crippen LogP) is 1.87. The molecular formula is C15H20N2O4. The van der Waals surface area contributed by atoms with Crippen LogP contribution >= 0.6 is 0 Å². The van der Waals surface area contributed by atoms with Crippen molar-refractivity contribution in [3.05, 3.63) is 29.8 Å². The number of ether oxygens (including phenoxy) is 1. The van der Waals surface area contributed by atoms with Gasteiger partial charge in [-0.1, -0.05) is 12.1 Å². The van der Waals surface area contributed by atoms with Gasteiger partial charge in [-0.05, 0) is 24.6 Å². The molecular weight excluding hydrogens is 272 g/mol. The third kappa shape index (κ3) is 3.87. The molecule has 6 heteroatoms. The highest BCUT2D eigenvalue weighted by Gasteiger charge is 2.32. The topological polar surface area (TPSA) is 78.9 Å². The maximum absolute atomic E-state index is 12.0. The molecule has 1 aromatic carbocycles. The maximum atomic E-state index is 12.0. The van der Waals surface area contributed by atoms with E-state index in [-0.39, 0.29) is 24.4 Å². The average molecular weight is 292 g/mol. The Kier molecular flexibility index (Phi) is 4.67. The van der Waals surface area contributed by atoms with Gasteiger partial charge in [0.05, 0.1) is 19.6 Å². The van der Waals surface area contributed by atoms with E-state index in [1.165, 1.54) is 0 Å². The fourth-order valence-electron chi connectivity index (χ4n) is 2.36. The zero-order chi connectivity index (χ0) is 15.4. The summed E-state index contributed by atoms with van der Waals surface area (Å²) in [6.07, 6.45) is 0.123. The highest BCUT2D eigenvalue weighted by Crippen LogP contribution is 2.21. The van der Waals surface area contributed by atoms with Crippen LogP contribution in [0.5, 0.6) is 5.75 Å². The van der Waals surface area contributed by atoms with Crippen LogP contribution in [0.1, 0.15) is 24.9 Å². The number of carboxylic acids is 1. The third-order valence-corrected chi connectivity index (χ3v) is 3.66. The molecule has 2 rings (SSSR count). The molecule has 6 nitrogen and oxygen atoms in total. The van der Waals surface area contributed by atoms with E-state index in [9.17, 15) is 9.59 Å². The van der Waals surface area contributed by atoms with Gasteiger partial charge in [-0.3, -0.25) is 4.79 Å². The van der Waals surface area contributed by atoms with Gasteiger partial charge in [0.15, 0.2) is 0 Å². The van der Waals surface area contributed by atoms with Crippen LogP contribution in [-0.4, -0.2) is 42.2 Å². The first-order valence-corrected chi connectivity index (χ1v) is 6.90. The van der Waals surface area contributed by atoms with Gasteiger partial charge in [-0.2, -0.15) is 0 Å². The summed E-state index contributed by atoms with van der Waals surface area (Å²) < 4.78 is 5.09. The zero-order valence-corrected chi connectivity index (χ0v) is 12.2. The molecule has 1 saturated heterocycles. The largest absolute Gasteiger partial charge is 0.497 e. The van der Waals surface area contributed by atoms with Crippen LogP contribution in [0, 0.1) is 5.92 Å². The number of rotatable bonds is 5. The number of hydrogen-bond donors (Lipinski definition) is 2. The van der Waals surface area contributed by atoms with E-state index >= 15 is 0 Å². The van der Waals surface area contributed by atoms with Crippen LogP contribution in [0.3, 0.4) is 0 Å². The minimum Gasteiger partial charge on any atom is -0.497 e. The summed E-state index contributed by atoms with van der Waals surface area (Å²) in [4.78, 5) is 24.2. The highest BCUT2D eigenvalue weighted by molar-refractivity contribution is 5.76. The van der Waals surface area contributed by atoms with Gasteiger partial charge in [0.1, 0.15) is 5.75 Å². The molecule has 2 N–H and O–H groups in total. The number of carboxylic acid groups (broad SMARTS) is 1. The molecule has 114 valence electrons. The maximum Gasteiger partial charge on any atom is 0.317 e. The van der Waals surface area contributed by atoms with Crippen LogP contribution in [-0.2, 0) is 4.79 Å². The van der Waals surface area contributed by atoms with Crippen molar-refractivity contribution in [2.45, 2.75) is 19.4 Å². The molecule has 1 atom stereocenters. The van der Waals surface area contributed by atoms with Crippen LogP contribution in [0.2, 0.25) is 0 Å². The number of amides is 2. The lowest BCUT2D eigenvalue weighted by atomic mass is 9.97. The van der Waals surface area contributed by atoms with Crippen LogP contribution in [0.15, 0.2) is 24.3 Å². The highest BCUT2D eigenvalue weighted by atomic mass is 16.5. The van der Waals surface area contributed by atoms with Crippen LogP contribution in [0.4, 0.5) is 4.79 Å². The Labute approximate surface area is 123 Å². The normalized spacial score (nSPS) is 16.0. The van der Waals surface area contributed by atoms with Crippen molar-refractivity contribution >= 4 is 12.0 Å². The number of methoxy groups -OCH3 is 1. The van der Waals surface area contributed by atoms with E-state index in [4.69, 9.17) is 9.84 Å². The van der Waals surface area contributed by atoms with Gasteiger partial charge in [-0.15, -0.1) is 0 Å². The van der Waals surface area contributed by atoms with Gasteiger partial charge in [0.25, 0.3) is 0 Å². The van der Waals surface area contributed by atoms with E-state index in [1.54, 1.807) is 12.0 Å². The minimum absolute atomic E-state index is 0.0737. The van der Waals surface area contributed by atoms with Gasteiger partial charge in [0, 0.05) is 19.0 Å². The van der Waals surface area contributed by atoms with E-state index in [2.05, 4.69) is 5.32 Å². The second-order valence-electron chi connectivity index (χ2n) is 5.31. The smallest absolute Gasteiger partial charge is 0.317 e. The van der Waals surface area contributed by atoms with Crippen molar-refractivity contribution in [3.8, 4) is 5.75 Å². The molecule has 0 spiro atoms. The second-order valence-corrected chi connectivity index (χ2v) is 5.31. The first-order valence-electron chi connectivity index (χ1n) is 6.90. The van der Waals surface area contributed by atoms with Crippen molar-refractivity contribution < 1.29 is 19.4 Å². The molecule has 1 aliphatic rings. The first-order chi connectivity index (χ1) is 9.99. The standard InChI is InChI=1S/C15H20N2O4/c1-10(12-3-5-13(21-2)6-4-12)16-15(20)17-8-11(9-17)7-14(18)19/h3-6,10-11H,7-9H2,1-2H3,(H,16,20)(H,18,19). The Bertz CT molecular complexity index is 509. The monoisotopic (exact) mass is 292 g/mol. The van der Waals surface area contributed by atoms with Crippen molar-refractivity contribution in [2.75, 3.05) is 20.2 Å². The number of carbonyl (C=O) groups excluding carboxylic acids is 1. The van der Waals surface area contributed by atoms with E-state index in [0.29, 0.717) is 13.1 Å². The Morgan fingerprint density at radius 1 is 1.38 bits per heavy atom. The van der Waals surface area contributed by atoms with Crippen molar-refractivity contribution in [2.24, 2.45) is 5.92 Å². The Balaban J connectivity index is 1.81. The fourth-order valence-corrected chi connectivity index (χ4v) is 2.36. The van der Waals surface area contributed by atoms with Crippen molar-refractivity contribution in [1.29, 1.82) is 0 Å². The Hall–Kier alpha value is -2.24. The number of likely N-dealkylation sites (tertiary alicyclic amines) is 1. The predicted molar refractivity (Wildman–Crippen MR) is 77.3 cm³/mol. The lowest BCUT2D eigenvalue weighted by molar-refractivity contribution is -0.139. The van der Waals surface area contributed by atoms with E-state index in [1.807, 2.05) is 31.2 Å². The molecule has 0 radical (unpaired) electrons. The summed E-state index contributed by atoms with van der Waals surface area (Å²) in [5, 5.41) is 11.6. The number of nitrogens with one attached hydrogen (secondary N) is 1. The van der Waals surface area contributed by atoms with E-state index in [0.717, 1.165) is 11.3 Å². The first kappa shape index (κ1) is 15.2. The lowest BCUT2D eigenvalue weighted by Crippen LogP contribution is -2.54. The lowest BCUT2D eigenvalue weighted by Gasteiger charge is -2.39. The molecule has 0 aromatic heterocycles. The number of urea groups is 1. The number of benzene rings is 1. The quantitative estimate of drug-likeness (QED) is 0.868. The molecule has 0 aliphatic carbocycles. The fraction of sp³-hybridized carbons (Fsp3) is 0.467. The van der Waals surface area contributed by atoms with Crippen LogP contribution in [0.25, 0.3) is 0 Å². The molecule has 1 aliphatic heterocycles. The molecule has 0 saturated carbocycles. The Morgan fingerprint density at radius 3 is 2.52 bits per heavy atom. The van der Waals surface area contributed by atoms with Crippen molar-refractivity contribution in [1.82, 2.24) is 10.2 Å². The van der Waals surface area contributed by atoms with Gasteiger partial charge in [-0.25, -0.2) is 4.79 Å². The zero-order valence-electron chi connectivity index (χ0n) is 12.2. The molecule has 1 heterocycles. The number of carbonyl (C=O) groups is 2. The summed E-state index contributed by atoms with van der Waals surface area (Å²) in [5.74, 6) is 0.0349. The Morgan fingerprint density at radius 2 is 2.00 bits per heavy atom. The van der Waals surface area contributed by atoms with Crippen LogP contribution < -0.4 is 10.1 Å². The van der Waals surface area contributed by atoms with Gasteiger partial charge < -0.3 is 20.1 Å². The summed E-state index contributed by atoms with van der Waals surface area (Å²) in [6.45, 7) is 2.93. The molecule has 2 amide bonds.